The molecule has 0 radical (unpaired) electrons. The van der Waals surface area contributed by atoms with Gasteiger partial charge in [-0.1, -0.05) is 96.0 Å². The van der Waals surface area contributed by atoms with E-state index in [0.29, 0.717) is 29.0 Å². The Hall–Kier alpha value is -8.81. The molecule has 1 fully saturated rings. The highest BCUT2D eigenvalue weighted by Gasteiger charge is 2.31. The van der Waals surface area contributed by atoms with Crippen molar-refractivity contribution in [3.05, 3.63) is 177 Å². The number of amides is 2. The summed E-state index contributed by atoms with van der Waals surface area (Å²) in [5.74, 6) is -5.57. The van der Waals surface area contributed by atoms with E-state index >= 15 is 0 Å². The first-order chi connectivity index (χ1) is 43.6. The van der Waals surface area contributed by atoms with Crippen LogP contribution in [-0.2, 0) is 33.5 Å². The molecule has 2 aromatic heterocycles. The van der Waals surface area contributed by atoms with Gasteiger partial charge in [-0.15, -0.1) is 10.2 Å². The third-order valence-corrected chi connectivity index (χ3v) is 12.9. The number of hydrogen-bond donors (Lipinski definition) is 0. The van der Waals surface area contributed by atoms with Crippen LogP contribution in [-0.4, -0.2) is 98.2 Å². The molecule has 3 heterocycles. The van der Waals surface area contributed by atoms with Crippen molar-refractivity contribution in [2.75, 3.05) is 0 Å². The summed E-state index contributed by atoms with van der Waals surface area (Å²) in [7, 11) is -3.58. The normalized spacial score (nSPS) is 11.8. The van der Waals surface area contributed by atoms with Gasteiger partial charge < -0.3 is 23.9 Å². The van der Waals surface area contributed by atoms with Crippen molar-refractivity contribution in [2.24, 2.45) is 5.92 Å². The van der Waals surface area contributed by atoms with Gasteiger partial charge in [0.25, 0.3) is 21.9 Å². The van der Waals surface area contributed by atoms with Gasteiger partial charge in [0, 0.05) is 24.8 Å². The maximum absolute atomic E-state index is 13.2. The highest BCUT2D eigenvalue weighted by molar-refractivity contribution is 7.86. The van der Waals surface area contributed by atoms with E-state index in [9.17, 15) is 45.2 Å². The minimum absolute atomic E-state index is 0.102. The zero-order valence-corrected chi connectivity index (χ0v) is 56.9. The number of rotatable bonds is 16. The van der Waals surface area contributed by atoms with Crippen molar-refractivity contribution in [3.63, 3.8) is 0 Å². The number of para-hydroxylation sites is 1. The molecule has 0 saturated carbocycles. The van der Waals surface area contributed by atoms with Gasteiger partial charge in [0.2, 0.25) is 11.6 Å². The van der Waals surface area contributed by atoms with Crippen LogP contribution in [0.4, 0.5) is 17.6 Å². The number of benzene rings is 6. The fourth-order valence-corrected chi connectivity index (χ4v) is 8.42. The van der Waals surface area contributed by atoms with Crippen molar-refractivity contribution < 1.29 is 73.3 Å². The van der Waals surface area contributed by atoms with E-state index in [1.807, 2.05) is 136 Å². The van der Waals surface area contributed by atoms with E-state index in [0.717, 1.165) is 44.7 Å². The number of carbonyl (C=O) groups is 3. The van der Waals surface area contributed by atoms with E-state index in [4.69, 9.17) is 28.2 Å². The van der Waals surface area contributed by atoms with Crippen LogP contribution in [0, 0.1) is 56.9 Å². The number of aryl methyl sites for hydroxylation is 3. The van der Waals surface area contributed by atoms with Crippen LogP contribution in [0.15, 0.2) is 131 Å². The molecule has 0 aliphatic carbocycles. The number of hydrogen-bond acceptors (Lipinski definition) is 17. The number of imide groups is 1. The summed E-state index contributed by atoms with van der Waals surface area (Å²) in [6.07, 6.45) is 0.254. The Morgan fingerprint density at radius 2 is 0.925 bits per heavy atom. The van der Waals surface area contributed by atoms with Crippen LogP contribution < -0.4 is 29.4 Å². The molecule has 8 aromatic rings. The van der Waals surface area contributed by atoms with Gasteiger partial charge in [-0.3, -0.25) is 28.2 Å². The molecule has 6 aromatic carbocycles. The number of nitrogens with zero attached hydrogens (tertiary/aromatic N) is 7. The van der Waals surface area contributed by atoms with Crippen LogP contribution in [0.5, 0.6) is 17.2 Å². The van der Waals surface area contributed by atoms with E-state index in [1.165, 1.54) is 24.3 Å². The lowest BCUT2D eigenvalue weighted by Gasteiger charge is -2.15. The molecular weight excluding hydrogens is 1230 g/mol. The number of fused-ring (bicyclic) bond motifs is 2. The largest absolute Gasteiger partial charge is 0.491 e. The van der Waals surface area contributed by atoms with Gasteiger partial charge >= 0.3 is 11.5 Å². The Morgan fingerprint density at radius 3 is 1.40 bits per heavy atom. The molecule has 93 heavy (non-hydrogen) atoms. The van der Waals surface area contributed by atoms with E-state index < -0.39 is 50.8 Å². The fraction of sp³-hybridized carbons (Fsp3) is 0.412. The first kappa shape index (κ1) is 78.4. The van der Waals surface area contributed by atoms with Crippen LogP contribution in [0.1, 0.15) is 138 Å². The lowest BCUT2D eigenvalue weighted by Crippen LogP contribution is -2.33. The highest BCUT2D eigenvalue weighted by atomic mass is 32.2. The van der Waals surface area contributed by atoms with E-state index in [2.05, 4.69) is 44.4 Å². The fourth-order valence-electron chi connectivity index (χ4n) is 7.33. The minimum Gasteiger partial charge on any atom is -0.491 e. The third-order valence-electron chi connectivity index (χ3n) is 11.5. The molecule has 0 bridgehead atoms. The molecular formula is C68H87F4N7O13S. The van der Waals surface area contributed by atoms with Crippen molar-refractivity contribution in [2.45, 2.75) is 185 Å². The van der Waals surface area contributed by atoms with Crippen molar-refractivity contribution >= 4 is 49.8 Å². The van der Waals surface area contributed by atoms with Crippen LogP contribution in [0.25, 0.3) is 21.9 Å². The van der Waals surface area contributed by atoms with Crippen molar-refractivity contribution in [1.82, 2.24) is 35.4 Å². The Kier molecular flexibility index (Phi) is 32.3. The number of esters is 1. The lowest BCUT2D eigenvalue weighted by molar-refractivity contribution is -0.198. The third kappa shape index (κ3) is 27.5. The molecule has 506 valence electrons. The number of ether oxygens (including phenoxy) is 3. The second kappa shape index (κ2) is 38.3. The maximum atomic E-state index is 13.2. The number of halogens is 4. The predicted octanol–water partition coefficient (Wildman–Crippen LogP) is 13.5. The molecule has 1 saturated heterocycles. The van der Waals surface area contributed by atoms with Gasteiger partial charge in [0.05, 0.1) is 34.7 Å². The smallest absolute Gasteiger partial charge is 0.314 e. The summed E-state index contributed by atoms with van der Waals surface area (Å²) in [6, 6.07) is 36.9. The molecule has 1 aliphatic heterocycles. The monoisotopic (exact) mass is 1320 g/mol. The summed E-state index contributed by atoms with van der Waals surface area (Å²) in [5.41, 5.74) is 4.80. The molecule has 20 nitrogen and oxygen atoms in total. The Bertz CT molecular complexity index is 3760. The van der Waals surface area contributed by atoms with Crippen LogP contribution in [0.2, 0.25) is 0 Å². The van der Waals surface area contributed by atoms with Crippen molar-refractivity contribution in [3.8, 4) is 17.2 Å². The highest BCUT2D eigenvalue weighted by Crippen LogP contribution is 2.30. The molecule has 0 N–H and O–H groups in total. The SMILES string of the molecule is CC(C)ON1C(=O)CCC1=O.CC(C)On1nnc2ccccc21.CC(C)On1nnc2ccccc2c1=O.Cc1c(F)c(F)c(OC(C)C)c(F)c1F.Cc1ccc(OC(=O)CC(C)C)cc1.Cc1ccc(OC(C)C)cc1.Cc1ccc(S(=O)(=O)OC(C)C)cc1. The molecule has 9 rings (SSSR count). The first-order valence-corrected chi connectivity index (χ1v) is 31.5. The second-order valence-electron chi connectivity index (χ2n) is 22.9. The van der Waals surface area contributed by atoms with E-state index in [-0.39, 0.29) is 71.6 Å². The van der Waals surface area contributed by atoms with E-state index in [1.54, 1.807) is 70.2 Å². The molecule has 0 spiro atoms. The summed E-state index contributed by atoms with van der Waals surface area (Å²) in [6.45, 7) is 32.4. The minimum atomic E-state index is -3.58. The Morgan fingerprint density at radius 1 is 0.495 bits per heavy atom. The number of carbonyl (C=O) groups excluding carboxylic acids is 3. The zero-order chi connectivity index (χ0) is 69.9. The topological polar surface area (TPSA) is 232 Å². The quantitative estimate of drug-likeness (QED) is 0.0218. The zero-order valence-electron chi connectivity index (χ0n) is 56.1. The molecule has 0 unspecified atom stereocenters. The average molecular weight is 1320 g/mol. The van der Waals surface area contributed by atoms with Gasteiger partial charge in [0.1, 0.15) is 40.3 Å². The predicted molar refractivity (Wildman–Crippen MR) is 347 cm³/mol. The second-order valence-corrected chi connectivity index (χ2v) is 24.5. The maximum Gasteiger partial charge on any atom is 0.314 e. The van der Waals surface area contributed by atoms with Gasteiger partial charge in [-0.2, -0.15) is 22.3 Å². The van der Waals surface area contributed by atoms with Gasteiger partial charge in [-0.05, 0) is 193 Å². The molecule has 25 heteroatoms. The number of hydroxylamine groups is 2. The van der Waals surface area contributed by atoms with Crippen molar-refractivity contribution in [1.29, 1.82) is 0 Å². The summed E-state index contributed by atoms with van der Waals surface area (Å²) >= 11 is 0. The number of aromatic nitrogens is 6. The van der Waals surface area contributed by atoms with Crippen LogP contribution >= 0.6 is 0 Å². The Balaban J connectivity index is 0.000000284. The summed E-state index contributed by atoms with van der Waals surface area (Å²) in [4.78, 5) is 63.0. The standard InChI is InChI=1S/C12H16O2.C10H10F4O.C10H11N3O2.C10H14O3S.C10H14O.C9H11N3O.C7H11NO3/c1-9(2)8-12(13)14-11-6-4-10(3)5-7-11;1-4(2)15-10-8(13)6(11)5(3)7(12)9(10)14;1-7(2)15-13-10(14)8-5-3-4-6-9(8)11-12-13;1-8(2)13-14(11,12)10-6-4-9(3)5-7-10;1-8(2)11-10-6-4-9(3)5-7-10;1-7(2)13-12-9-6-4-3-5-8(9)10-11-12;1-5(2)11-8-6(9)3-4-7(8)10/h4-7,9H,8H2,1-3H3;4H,1-3H3;3-7H,1-2H3;4-8H,1-3H3;4-8H,1-3H3;3-7H,1-2H3;5H,3-4H2,1-2H3. The van der Waals surface area contributed by atoms with Gasteiger partial charge in [0.15, 0.2) is 17.4 Å². The first-order valence-electron chi connectivity index (χ1n) is 30.1. The summed E-state index contributed by atoms with van der Waals surface area (Å²) in [5, 5.41) is 16.8. The Labute approximate surface area is 542 Å². The van der Waals surface area contributed by atoms with Crippen LogP contribution in [0.3, 0.4) is 0 Å². The average Bonchev–Trinajstić information content (AvgIpc) is 1.67. The summed E-state index contributed by atoms with van der Waals surface area (Å²) < 4.78 is 95.5. The molecule has 2 amide bonds. The molecule has 1 aliphatic rings. The lowest BCUT2D eigenvalue weighted by atomic mass is 10.1. The molecule has 0 atom stereocenters. The van der Waals surface area contributed by atoms with Gasteiger partial charge in [-0.25, -0.2) is 8.78 Å².